The number of benzene rings is 5. The van der Waals surface area contributed by atoms with Crippen LogP contribution in [0.5, 0.6) is 0 Å². The summed E-state index contributed by atoms with van der Waals surface area (Å²) >= 11 is 0. The molecular weight excluding hydrogens is 664 g/mol. The lowest BCUT2D eigenvalue weighted by Crippen LogP contribution is -2.52. The predicted molar refractivity (Wildman–Crippen MR) is 192 cm³/mol. The van der Waals surface area contributed by atoms with Crippen molar-refractivity contribution in [2.75, 3.05) is 40.6 Å². The normalized spacial score (nSPS) is 26.0. The molecule has 0 aromatic heterocycles. The van der Waals surface area contributed by atoms with Crippen LogP contribution in [0.3, 0.4) is 0 Å². The minimum Gasteiger partial charge on any atom is -0.381 e. The molecule has 2 aliphatic rings. The highest BCUT2D eigenvalue weighted by molar-refractivity contribution is 5.59. The number of aliphatic hydroxyl groups is 3. The van der Waals surface area contributed by atoms with Crippen LogP contribution in [0, 0.1) is 0 Å². The highest BCUT2D eigenvalue weighted by atomic mass is 16.8. The summed E-state index contributed by atoms with van der Waals surface area (Å²) in [5, 5.41) is 29.9. The second-order valence-corrected chi connectivity index (χ2v) is 12.1. The summed E-state index contributed by atoms with van der Waals surface area (Å²) in [4.78, 5) is 10.1. The summed E-state index contributed by atoms with van der Waals surface area (Å²) in [7, 11) is 3.25. The Balaban J connectivity index is 0.000000161. The third-order valence-corrected chi connectivity index (χ3v) is 8.81. The molecule has 2 saturated heterocycles. The minimum absolute atomic E-state index is 0.137. The Morgan fingerprint density at radius 3 is 1.08 bits per heavy atom. The standard InChI is InChI=1S/C18H20O4.C16H16O4.C8H8O2/c1-19-17(15-9-5-3-6-10-15)13-22-18(20-2,14-21-17)16-11-7-4-8-12-16;17-15(13-7-3-1-4-8-13)11-20-16(18,12-19-15)14-9-5-2-6-10-14;9-6-8(10)7-4-2-1-3-5-7/h3-12H,13-14H2,1-2H3;1-10,17-18H,11-12H2;1-6,8,10H. The maximum absolute atomic E-state index is 10.5. The van der Waals surface area contributed by atoms with E-state index in [1.54, 1.807) is 62.8 Å². The number of ether oxygens (including phenoxy) is 6. The Labute approximate surface area is 303 Å². The third-order valence-electron chi connectivity index (χ3n) is 8.81. The molecule has 5 aromatic carbocycles. The summed E-state index contributed by atoms with van der Waals surface area (Å²) < 4.78 is 34.5. The van der Waals surface area contributed by atoms with Gasteiger partial charge in [-0.05, 0) is 5.56 Å². The van der Waals surface area contributed by atoms with Crippen LogP contribution in [-0.2, 0) is 56.4 Å². The Morgan fingerprint density at radius 2 is 0.808 bits per heavy atom. The van der Waals surface area contributed by atoms with E-state index >= 15 is 0 Å². The number of hydrogen-bond donors (Lipinski definition) is 3. The van der Waals surface area contributed by atoms with E-state index in [0.717, 1.165) is 11.1 Å². The molecule has 5 atom stereocenters. The molecule has 0 bridgehead atoms. The maximum atomic E-state index is 10.5. The summed E-state index contributed by atoms with van der Waals surface area (Å²) in [6, 6.07) is 46.4. The van der Waals surface area contributed by atoms with Crippen molar-refractivity contribution in [3.63, 3.8) is 0 Å². The van der Waals surface area contributed by atoms with E-state index < -0.39 is 29.3 Å². The molecule has 10 nitrogen and oxygen atoms in total. The molecule has 10 heteroatoms. The van der Waals surface area contributed by atoms with Crippen molar-refractivity contribution in [1.82, 2.24) is 0 Å². The van der Waals surface area contributed by atoms with E-state index in [0.29, 0.717) is 23.0 Å². The molecule has 5 unspecified atom stereocenters. The first-order valence-corrected chi connectivity index (χ1v) is 16.7. The molecule has 52 heavy (non-hydrogen) atoms. The van der Waals surface area contributed by atoms with Crippen molar-refractivity contribution in [2.45, 2.75) is 29.3 Å². The van der Waals surface area contributed by atoms with Gasteiger partial charge in [0.05, 0.1) is 0 Å². The van der Waals surface area contributed by atoms with Crippen LogP contribution in [0.1, 0.15) is 33.9 Å². The monoisotopic (exact) mass is 708 g/mol. The fraction of sp³-hybridized carbons (Fsp3) is 0.262. The summed E-state index contributed by atoms with van der Waals surface area (Å²) in [5.41, 5.74) is 3.70. The van der Waals surface area contributed by atoms with Gasteiger partial charge in [0.1, 0.15) is 32.5 Å². The van der Waals surface area contributed by atoms with E-state index in [4.69, 9.17) is 33.5 Å². The average molecular weight is 709 g/mol. The molecule has 0 saturated carbocycles. The number of hydrogen-bond acceptors (Lipinski definition) is 10. The van der Waals surface area contributed by atoms with Gasteiger partial charge in [0, 0.05) is 36.5 Å². The first-order chi connectivity index (χ1) is 25.2. The number of rotatable bonds is 8. The van der Waals surface area contributed by atoms with Gasteiger partial charge < -0.3 is 48.5 Å². The van der Waals surface area contributed by atoms with Gasteiger partial charge in [0.2, 0.25) is 23.1 Å². The van der Waals surface area contributed by atoms with E-state index in [1.165, 1.54) is 0 Å². The largest absolute Gasteiger partial charge is 0.381 e. The van der Waals surface area contributed by atoms with Gasteiger partial charge >= 0.3 is 0 Å². The van der Waals surface area contributed by atoms with E-state index in [2.05, 4.69) is 0 Å². The first kappa shape index (κ1) is 38.6. The van der Waals surface area contributed by atoms with Crippen molar-refractivity contribution in [2.24, 2.45) is 0 Å². The van der Waals surface area contributed by atoms with Crippen LogP contribution >= 0.6 is 0 Å². The number of methoxy groups -OCH3 is 2. The highest BCUT2D eigenvalue weighted by Crippen LogP contribution is 2.40. The SMILES string of the molecule is COC1(c2ccccc2)COC(OC)(c2ccccc2)CO1.O=CC(O)c1ccccc1.OC1(c2ccccc2)COC(O)(c2ccccc2)CO1. The van der Waals surface area contributed by atoms with Crippen LogP contribution in [0.15, 0.2) is 152 Å². The van der Waals surface area contributed by atoms with Gasteiger partial charge in [-0.3, -0.25) is 0 Å². The van der Waals surface area contributed by atoms with Crippen LogP contribution < -0.4 is 0 Å². The summed E-state index contributed by atoms with van der Waals surface area (Å²) in [6.45, 7) is 0.220. The zero-order chi connectivity index (χ0) is 36.9. The Kier molecular flexibility index (Phi) is 13.2. The van der Waals surface area contributed by atoms with E-state index in [-0.39, 0.29) is 26.4 Å². The van der Waals surface area contributed by atoms with Crippen LogP contribution in [0.4, 0.5) is 0 Å². The van der Waals surface area contributed by atoms with Crippen LogP contribution in [0.25, 0.3) is 0 Å². The van der Waals surface area contributed by atoms with Gasteiger partial charge in [0.15, 0.2) is 6.29 Å². The second-order valence-electron chi connectivity index (χ2n) is 12.1. The topological polar surface area (TPSA) is 133 Å². The summed E-state index contributed by atoms with van der Waals surface area (Å²) in [6.07, 6.45) is -0.462. The molecule has 2 heterocycles. The van der Waals surface area contributed by atoms with Gasteiger partial charge in [0.25, 0.3) is 0 Å². The van der Waals surface area contributed by atoms with Crippen molar-refractivity contribution in [3.05, 3.63) is 179 Å². The van der Waals surface area contributed by atoms with Crippen LogP contribution in [-0.4, -0.2) is 62.3 Å². The fourth-order valence-electron chi connectivity index (χ4n) is 5.67. The van der Waals surface area contributed by atoms with Gasteiger partial charge in [-0.1, -0.05) is 152 Å². The van der Waals surface area contributed by atoms with E-state index in [9.17, 15) is 15.0 Å². The van der Waals surface area contributed by atoms with E-state index in [1.807, 2.05) is 103 Å². The molecule has 3 N–H and O–H groups in total. The lowest BCUT2D eigenvalue weighted by atomic mass is 10.0. The zero-order valence-electron chi connectivity index (χ0n) is 29.1. The molecule has 7 rings (SSSR count). The average Bonchev–Trinajstić information content (AvgIpc) is 3.24. The Morgan fingerprint density at radius 1 is 0.500 bits per heavy atom. The van der Waals surface area contributed by atoms with Gasteiger partial charge in [-0.2, -0.15) is 0 Å². The zero-order valence-corrected chi connectivity index (χ0v) is 29.1. The number of carbonyl (C=O) groups is 1. The number of carbonyl (C=O) groups excluding carboxylic acids is 1. The van der Waals surface area contributed by atoms with Crippen molar-refractivity contribution < 1.29 is 48.5 Å². The minimum atomic E-state index is -1.53. The number of aldehydes is 1. The molecule has 5 aromatic rings. The maximum Gasteiger partial charge on any atom is 0.219 e. The smallest absolute Gasteiger partial charge is 0.219 e. The molecule has 0 amide bonds. The molecule has 0 spiro atoms. The lowest BCUT2D eigenvalue weighted by molar-refractivity contribution is -0.389. The molecular formula is C42H44O10. The fourth-order valence-corrected chi connectivity index (χ4v) is 5.67. The Bertz CT molecular complexity index is 1650. The third kappa shape index (κ3) is 9.06. The summed E-state index contributed by atoms with van der Waals surface area (Å²) in [5.74, 6) is -4.86. The predicted octanol–water partition coefficient (Wildman–Crippen LogP) is 5.67. The number of aliphatic hydroxyl groups excluding tert-OH is 1. The second kappa shape index (κ2) is 17.8. The highest BCUT2D eigenvalue weighted by Gasteiger charge is 2.48. The van der Waals surface area contributed by atoms with Crippen LogP contribution in [0.2, 0.25) is 0 Å². The Hall–Kier alpha value is -4.59. The molecule has 2 aliphatic heterocycles. The molecule has 2 fully saturated rings. The quantitative estimate of drug-likeness (QED) is 0.173. The first-order valence-electron chi connectivity index (χ1n) is 16.7. The van der Waals surface area contributed by atoms with Crippen molar-refractivity contribution in [3.8, 4) is 0 Å². The lowest BCUT2D eigenvalue weighted by Gasteiger charge is -2.44. The molecule has 272 valence electrons. The van der Waals surface area contributed by atoms with Crippen molar-refractivity contribution >= 4 is 6.29 Å². The van der Waals surface area contributed by atoms with Gasteiger partial charge in [-0.25, -0.2) is 0 Å². The molecule has 0 aliphatic carbocycles. The van der Waals surface area contributed by atoms with Crippen molar-refractivity contribution in [1.29, 1.82) is 0 Å². The van der Waals surface area contributed by atoms with Gasteiger partial charge in [-0.15, -0.1) is 0 Å². The molecule has 0 radical (unpaired) electrons.